The largest absolute Gasteiger partial charge is 0.573 e. The molecule has 2 saturated heterocycles. The molecule has 0 radical (unpaired) electrons. The van der Waals surface area contributed by atoms with Gasteiger partial charge in [-0.1, -0.05) is 66.7 Å². The third kappa shape index (κ3) is 15.2. The number of fused-ring (bicyclic) bond motifs is 2. The SMILES string of the molecule is CCOC(=O)C(C#N)Cc1ccc(OCCNC2C3CN(Cc4ccccc4)CC32)cc1.CCOC(=O)C(C#N)Cc1ccc(OCCNC2[C@H]3CN(Cc4ccc(OC(F)(F)F)cc4)C[C@@H]23)cc1. The number of carbonyl (C=O) groups is 2. The van der Waals surface area contributed by atoms with E-state index in [1.165, 1.54) is 30.8 Å². The number of rotatable bonds is 23. The molecular weight excluding hydrogens is 890 g/mol. The summed E-state index contributed by atoms with van der Waals surface area (Å²) < 4.78 is 62.3. The average Bonchev–Trinajstić information content (AvgIpc) is 4.01. The number of nitriles is 2. The van der Waals surface area contributed by atoms with E-state index < -0.39 is 30.1 Å². The number of esters is 2. The van der Waals surface area contributed by atoms with Crippen LogP contribution in [0.3, 0.4) is 0 Å². The van der Waals surface area contributed by atoms with Crippen molar-refractivity contribution >= 4 is 11.9 Å². The van der Waals surface area contributed by atoms with E-state index in [9.17, 15) is 33.3 Å². The Bertz CT molecular complexity index is 2320. The van der Waals surface area contributed by atoms with Crippen molar-refractivity contribution in [2.45, 2.75) is 58.2 Å². The fourth-order valence-electron chi connectivity index (χ4n) is 9.54. The van der Waals surface area contributed by atoms with E-state index in [0.717, 1.165) is 72.7 Å². The molecule has 4 fully saturated rings. The molecular formula is C53H61F3N6O7. The number of hydrogen-bond acceptors (Lipinski definition) is 13. The molecule has 5 unspecified atom stereocenters. The second kappa shape index (κ2) is 24.4. The summed E-state index contributed by atoms with van der Waals surface area (Å²) in [7, 11) is 0. The lowest BCUT2D eigenvalue weighted by atomic mass is 10.0. The van der Waals surface area contributed by atoms with Crippen LogP contribution >= 0.6 is 0 Å². The smallest absolute Gasteiger partial charge is 0.492 e. The number of carbonyl (C=O) groups excluding carboxylic acids is 2. The second-order valence-electron chi connectivity index (χ2n) is 17.9. The van der Waals surface area contributed by atoms with Crippen molar-refractivity contribution in [1.82, 2.24) is 20.4 Å². The van der Waals surface area contributed by atoms with E-state index >= 15 is 0 Å². The molecule has 13 nitrogen and oxygen atoms in total. The number of alkyl halides is 3. The lowest BCUT2D eigenvalue weighted by Gasteiger charge is -2.20. The Kier molecular flexibility index (Phi) is 17.9. The number of hydrogen-bond donors (Lipinski definition) is 2. The summed E-state index contributed by atoms with van der Waals surface area (Å²) in [5.41, 5.74) is 4.14. The molecule has 366 valence electrons. The van der Waals surface area contributed by atoms with Gasteiger partial charge in [0.1, 0.15) is 42.3 Å². The first-order valence-electron chi connectivity index (χ1n) is 23.8. The lowest BCUT2D eigenvalue weighted by Crippen LogP contribution is -2.33. The average molecular weight is 951 g/mol. The maximum absolute atomic E-state index is 12.3. The Labute approximate surface area is 402 Å². The highest BCUT2D eigenvalue weighted by molar-refractivity contribution is 5.76. The molecule has 4 aromatic rings. The highest BCUT2D eigenvalue weighted by atomic mass is 19.4. The highest BCUT2D eigenvalue weighted by Gasteiger charge is 2.56. The van der Waals surface area contributed by atoms with Crippen molar-refractivity contribution in [1.29, 1.82) is 10.5 Å². The topological polar surface area (TPSA) is 158 Å². The summed E-state index contributed by atoms with van der Waals surface area (Å²) in [6, 6.07) is 36.8. The molecule has 2 aliphatic carbocycles. The monoisotopic (exact) mass is 950 g/mol. The summed E-state index contributed by atoms with van der Waals surface area (Å²) in [5.74, 6) is 1.47. The summed E-state index contributed by atoms with van der Waals surface area (Å²) >= 11 is 0. The second-order valence-corrected chi connectivity index (χ2v) is 17.9. The first kappa shape index (κ1) is 50.7. The van der Waals surface area contributed by atoms with Crippen LogP contribution in [0.2, 0.25) is 0 Å². The van der Waals surface area contributed by atoms with Crippen molar-refractivity contribution in [3.63, 3.8) is 0 Å². The van der Waals surface area contributed by atoms with Gasteiger partial charge in [0.15, 0.2) is 0 Å². The highest BCUT2D eigenvalue weighted by Crippen LogP contribution is 2.46. The summed E-state index contributed by atoms with van der Waals surface area (Å²) in [4.78, 5) is 28.4. The number of ether oxygens (including phenoxy) is 5. The minimum absolute atomic E-state index is 0.204. The number of nitrogens with one attached hydrogen (secondary N) is 2. The third-order valence-electron chi connectivity index (χ3n) is 13.0. The van der Waals surface area contributed by atoms with Crippen molar-refractivity contribution in [2.75, 3.05) is 65.7 Å². The quantitative estimate of drug-likeness (QED) is 0.0582. The van der Waals surface area contributed by atoms with E-state index in [4.69, 9.17) is 18.9 Å². The van der Waals surface area contributed by atoms with Crippen LogP contribution in [-0.4, -0.2) is 106 Å². The summed E-state index contributed by atoms with van der Waals surface area (Å²) in [6.07, 6.45) is -4.02. The van der Waals surface area contributed by atoms with Crippen molar-refractivity contribution in [3.8, 4) is 29.4 Å². The van der Waals surface area contributed by atoms with E-state index in [2.05, 4.69) is 55.5 Å². The number of halogens is 3. The molecule has 2 heterocycles. The van der Waals surface area contributed by atoms with Gasteiger partial charge in [-0.2, -0.15) is 10.5 Å². The molecule has 0 spiro atoms. The standard InChI is InChI=1S/C27H30F3N3O4.C26H31N3O3/c1-2-35-26(34)20(14-31)13-18-3-7-21(8-4-18)36-12-11-32-25-23-16-33(17-24(23)25)15-19-5-9-22(10-6-19)37-27(28,29)30;1-2-31-26(30)21(15-27)14-19-8-10-22(11-9-19)32-13-12-28-25-23-17-29(18-24(23)25)16-20-6-4-3-5-7-20/h3-10,20,23-25,32H,2,11-13,15-17H2,1H3;3-11,21,23-25,28H,2,12-14,16-18H2,1H3/t20?,23-,24+,25?;. The molecule has 16 heteroatoms. The van der Waals surface area contributed by atoms with Crippen molar-refractivity contribution in [3.05, 3.63) is 125 Å². The molecule has 2 saturated carbocycles. The van der Waals surface area contributed by atoms with Crippen molar-refractivity contribution < 1.29 is 46.4 Å². The molecule has 0 aromatic heterocycles. The summed E-state index contributed by atoms with van der Waals surface area (Å²) in [5, 5.41) is 25.6. The zero-order valence-electron chi connectivity index (χ0n) is 39.1. The minimum Gasteiger partial charge on any atom is -0.492 e. The first-order chi connectivity index (χ1) is 33.4. The minimum atomic E-state index is -4.68. The Hall–Kier alpha value is -6.17. The molecule has 4 aromatic carbocycles. The fraction of sp³-hybridized carbons (Fsp3) is 0.472. The van der Waals surface area contributed by atoms with Gasteiger partial charge in [0.2, 0.25) is 0 Å². The lowest BCUT2D eigenvalue weighted by molar-refractivity contribution is -0.274. The first-order valence-corrected chi connectivity index (χ1v) is 23.8. The Morgan fingerprint density at radius 2 is 0.971 bits per heavy atom. The van der Waals surface area contributed by atoms with Gasteiger partial charge < -0.3 is 34.3 Å². The molecule has 2 aliphatic heterocycles. The van der Waals surface area contributed by atoms with Crippen LogP contribution in [0.25, 0.3) is 0 Å². The molecule has 0 amide bonds. The van der Waals surface area contributed by atoms with E-state index in [0.29, 0.717) is 56.5 Å². The van der Waals surface area contributed by atoms with E-state index in [-0.39, 0.29) is 19.0 Å². The number of piperidine rings is 2. The van der Waals surface area contributed by atoms with Gasteiger partial charge in [-0.3, -0.25) is 19.4 Å². The predicted octanol–water partition coefficient (Wildman–Crippen LogP) is 6.96. The predicted molar refractivity (Wildman–Crippen MR) is 250 cm³/mol. The molecule has 2 N–H and O–H groups in total. The van der Waals surface area contributed by atoms with Crippen LogP contribution in [0.15, 0.2) is 103 Å². The number of benzene rings is 4. The number of nitrogens with zero attached hydrogens (tertiary/aromatic N) is 4. The Balaban J connectivity index is 0.000000206. The van der Waals surface area contributed by atoms with Gasteiger partial charge in [-0.05, 0) is 109 Å². The molecule has 0 bridgehead atoms. The van der Waals surface area contributed by atoms with Crippen LogP contribution in [-0.2, 0) is 45.0 Å². The maximum atomic E-state index is 12.3. The molecule has 7 atom stereocenters. The maximum Gasteiger partial charge on any atom is 0.573 e. The fourth-order valence-corrected chi connectivity index (χ4v) is 9.54. The van der Waals surface area contributed by atoms with Gasteiger partial charge in [0.25, 0.3) is 0 Å². The van der Waals surface area contributed by atoms with Crippen LogP contribution in [0.4, 0.5) is 13.2 Å². The molecule has 4 aliphatic rings. The van der Waals surface area contributed by atoms with Crippen LogP contribution in [0, 0.1) is 58.2 Å². The van der Waals surface area contributed by atoms with Gasteiger partial charge >= 0.3 is 18.3 Å². The molecule has 8 rings (SSSR count). The van der Waals surface area contributed by atoms with Crippen LogP contribution in [0.5, 0.6) is 17.2 Å². The summed E-state index contributed by atoms with van der Waals surface area (Å²) in [6.45, 7) is 12.7. The zero-order chi connectivity index (χ0) is 48.8. The molecule has 69 heavy (non-hydrogen) atoms. The van der Waals surface area contributed by atoms with Gasteiger partial charge in [0.05, 0.1) is 25.4 Å². The number of likely N-dealkylation sites (tertiary alicyclic amines) is 2. The van der Waals surface area contributed by atoms with Crippen LogP contribution in [0.1, 0.15) is 36.1 Å². The normalized spacial score (nSPS) is 22.0. The van der Waals surface area contributed by atoms with E-state index in [1.54, 1.807) is 26.0 Å². The van der Waals surface area contributed by atoms with Gasteiger partial charge in [0, 0.05) is 64.4 Å². The Morgan fingerprint density at radius 3 is 1.35 bits per heavy atom. The van der Waals surface area contributed by atoms with Gasteiger partial charge in [-0.15, -0.1) is 13.2 Å². The van der Waals surface area contributed by atoms with Gasteiger partial charge in [-0.25, -0.2) is 0 Å². The zero-order valence-corrected chi connectivity index (χ0v) is 39.1. The van der Waals surface area contributed by atoms with E-state index in [1.807, 2.05) is 60.7 Å². The van der Waals surface area contributed by atoms with Crippen LogP contribution < -0.4 is 24.8 Å². The third-order valence-corrected chi connectivity index (χ3v) is 13.0. The Morgan fingerprint density at radius 1 is 0.594 bits per heavy atom. The van der Waals surface area contributed by atoms with Crippen molar-refractivity contribution in [2.24, 2.45) is 35.5 Å².